The summed E-state index contributed by atoms with van der Waals surface area (Å²) in [7, 11) is 0. The van der Waals surface area contributed by atoms with Crippen molar-refractivity contribution in [2.75, 3.05) is 32.7 Å². The van der Waals surface area contributed by atoms with Crippen LogP contribution < -0.4 is 5.56 Å². The molecule has 8 nitrogen and oxygen atoms in total. The number of likely N-dealkylation sites (N-methyl/N-ethyl adjacent to an activating group) is 1. The number of aryl methyl sites for hydroxylation is 1. The summed E-state index contributed by atoms with van der Waals surface area (Å²) in [6.07, 6.45) is 0. The van der Waals surface area contributed by atoms with E-state index in [1.807, 2.05) is 17.0 Å². The monoisotopic (exact) mass is 414 g/mol. The topological polar surface area (TPSA) is 75.7 Å². The summed E-state index contributed by atoms with van der Waals surface area (Å²) in [6, 6.07) is 8.68. The third-order valence-corrected chi connectivity index (χ3v) is 5.71. The molecule has 29 heavy (non-hydrogen) atoms. The maximum absolute atomic E-state index is 12.9. The van der Waals surface area contributed by atoms with Gasteiger partial charge in [-0.1, -0.05) is 30.7 Å². The van der Waals surface area contributed by atoms with Crippen LogP contribution in [0.3, 0.4) is 0 Å². The van der Waals surface area contributed by atoms with Crippen molar-refractivity contribution in [2.45, 2.75) is 20.4 Å². The average molecular weight is 415 g/mol. The highest BCUT2D eigenvalue weighted by molar-refractivity contribution is 6.33. The number of hydrogen-bond acceptors (Lipinski definition) is 5. The van der Waals surface area contributed by atoms with Gasteiger partial charge in [0.15, 0.2) is 5.82 Å². The van der Waals surface area contributed by atoms with Gasteiger partial charge in [-0.05, 0) is 25.6 Å². The third-order valence-electron chi connectivity index (χ3n) is 5.38. The Balaban J connectivity index is 1.68. The number of benzene rings is 1. The molecule has 9 heteroatoms. The normalized spacial score (nSPS) is 15.2. The van der Waals surface area contributed by atoms with Gasteiger partial charge in [0.25, 0.3) is 5.56 Å². The minimum absolute atomic E-state index is 0.0108. The summed E-state index contributed by atoms with van der Waals surface area (Å²) in [6.45, 7) is 8.20. The molecule has 0 N–H and O–H groups in total. The van der Waals surface area contributed by atoms with E-state index in [9.17, 15) is 9.59 Å². The van der Waals surface area contributed by atoms with Crippen LogP contribution >= 0.6 is 11.6 Å². The molecule has 0 aliphatic carbocycles. The second kappa shape index (κ2) is 7.96. The van der Waals surface area contributed by atoms with Gasteiger partial charge in [-0.2, -0.15) is 9.50 Å². The van der Waals surface area contributed by atoms with Gasteiger partial charge in [0.05, 0.1) is 5.02 Å². The Morgan fingerprint density at radius 1 is 1.17 bits per heavy atom. The zero-order valence-electron chi connectivity index (χ0n) is 16.5. The number of carbonyl (C=O) groups is 1. The van der Waals surface area contributed by atoms with Crippen LogP contribution in [0.1, 0.15) is 12.6 Å². The molecule has 2 aromatic heterocycles. The van der Waals surface area contributed by atoms with Crippen molar-refractivity contribution in [3.05, 3.63) is 51.4 Å². The van der Waals surface area contributed by atoms with E-state index >= 15 is 0 Å². The first-order valence-electron chi connectivity index (χ1n) is 9.70. The van der Waals surface area contributed by atoms with Gasteiger partial charge in [0.1, 0.15) is 6.54 Å². The molecule has 0 saturated carbocycles. The van der Waals surface area contributed by atoms with Crippen molar-refractivity contribution in [1.29, 1.82) is 0 Å². The van der Waals surface area contributed by atoms with E-state index in [-0.39, 0.29) is 18.0 Å². The molecule has 1 saturated heterocycles. The maximum atomic E-state index is 12.9. The molecule has 0 unspecified atom stereocenters. The van der Waals surface area contributed by atoms with Crippen molar-refractivity contribution in [3.63, 3.8) is 0 Å². The first-order chi connectivity index (χ1) is 14.0. The van der Waals surface area contributed by atoms with Gasteiger partial charge in [-0.3, -0.25) is 9.59 Å². The maximum Gasteiger partial charge on any atom is 0.275 e. The minimum atomic E-state index is -0.288. The van der Waals surface area contributed by atoms with Crippen LogP contribution in [0.25, 0.3) is 17.2 Å². The van der Waals surface area contributed by atoms with Crippen LogP contribution in [-0.2, 0) is 11.3 Å². The molecule has 152 valence electrons. The first kappa shape index (κ1) is 19.6. The predicted octanol–water partition coefficient (Wildman–Crippen LogP) is 1.68. The Morgan fingerprint density at radius 3 is 2.59 bits per heavy atom. The number of rotatable bonds is 4. The number of hydrogen-bond donors (Lipinski definition) is 0. The molecule has 4 rings (SSSR count). The smallest absolute Gasteiger partial charge is 0.275 e. The lowest BCUT2D eigenvalue weighted by atomic mass is 10.2. The van der Waals surface area contributed by atoms with Gasteiger partial charge >= 0.3 is 0 Å². The molecule has 0 radical (unpaired) electrons. The number of fused-ring (bicyclic) bond motifs is 1. The summed E-state index contributed by atoms with van der Waals surface area (Å²) in [5, 5.41) is 4.85. The zero-order chi connectivity index (χ0) is 20.5. The average Bonchev–Trinajstić information content (AvgIpc) is 3.17. The van der Waals surface area contributed by atoms with E-state index < -0.39 is 0 Å². The van der Waals surface area contributed by atoms with E-state index in [4.69, 9.17) is 11.6 Å². The Bertz CT molecular complexity index is 1110. The van der Waals surface area contributed by atoms with Gasteiger partial charge in [0.2, 0.25) is 11.7 Å². The number of halogens is 1. The summed E-state index contributed by atoms with van der Waals surface area (Å²) >= 11 is 6.27. The number of aromatic nitrogens is 4. The van der Waals surface area contributed by atoms with Crippen molar-refractivity contribution in [1.82, 2.24) is 29.0 Å². The molecule has 0 bridgehead atoms. The number of carbonyl (C=O) groups excluding carboxylic acids is 1. The Hall–Kier alpha value is -2.71. The van der Waals surface area contributed by atoms with Crippen LogP contribution in [0.2, 0.25) is 5.02 Å². The van der Waals surface area contributed by atoms with Crippen molar-refractivity contribution in [2.24, 2.45) is 0 Å². The summed E-state index contributed by atoms with van der Waals surface area (Å²) < 4.78 is 2.97. The van der Waals surface area contributed by atoms with E-state index in [2.05, 4.69) is 21.9 Å². The molecule has 1 aliphatic rings. The van der Waals surface area contributed by atoms with Crippen LogP contribution in [0.5, 0.6) is 0 Å². The highest BCUT2D eigenvalue weighted by Crippen LogP contribution is 2.25. The Morgan fingerprint density at radius 2 is 1.90 bits per heavy atom. The number of amides is 1. The van der Waals surface area contributed by atoms with E-state index in [0.29, 0.717) is 41.0 Å². The fourth-order valence-corrected chi connectivity index (χ4v) is 3.82. The van der Waals surface area contributed by atoms with Crippen molar-refractivity contribution >= 4 is 23.3 Å². The van der Waals surface area contributed by atoms with Crippen LogP contribution in [-0.4, -0.2) is 67.6 Å². The molecular formula is C20H23ClN6O2. The van der Waals surface area contributed by atoms with Gasteiger partial charge < -0.3 is 14.4 Å². The molecule has 0 atom stereocenters. The van der Waals surface area contributed by atoms with E-state index in [1.54, 1.807) is 23.6 Å². The molecular weight excluding hydrogens is 392 g/mol. The lowest BCUT2D eigenvalue weighted by molar-refractivity contribution is -0.133. The fourth-order valence-electron chi connectivity index (χ4n) is 3.60. The lowest BCUT2D eigenvalue weighted by Crippen LogP contribution is -2.49. The first-order valence-corrected chi connectivity index (χ1v) is 10.1. The molecule has 1 amide bonds. The lowest BCUT2D eigenvalue weighted by Gasteiger charge is -2.34. The Kier molecular flexibility index (Phi) is 5.38. The molecule has 3 aromatic rings. The van der Waals surface area contributed by atoms with Crippen molar-refractivity contribution < 1.29 is 4.79 Å². The molecule has 0 spiro atoms. The van der Waals surface area contributed by atoms with Crippen LogP contribution in [0.15, 0.2) is 35.1 Å². The van der Waals surface area contributed by atoms with Crippen LogP contribution in [0, 0.1) is 6.92 Å². The summed E-state index contributed by atoms with van der Waals surface area (Å²) in [5.74, 6) is 0.707. The van der Waals surface area contributed by atoms with Crippen LogP contribution in [0.4, 0.5) is 0 Å². The largest absolute Gasteiger partial charge is 0.339 e. The fraction of sp³-hybridized carbons (Fsp3) is 0.400. The molecule has 3 heterocycles. The number of nitrogens with zero attached hydrogens (tertiary/aromatic N) is 6. The van der Waals surface area contributed by atoms with Gasteiger partial charge in [-0.25, -0.2) is 0 Å². The minimum Gasteiger partial charge on any atom is -0.339 e. The number of piperazine rings is 1. The van der Waals surface area contributed by atoms with E-state index in [1.165, 1.54) is 10.6 Å². The zero-order valence-corrected chi connectivity index (χ0v) is 17.3. The SMILES string of the molecule is CCN1CCN(C(=O)Cn2c(C)cc(=O)n3nc(-c4ccccc4Cl)nc23)CC1. The predicted molar refractivity (Wildman–Crippen MR) is 111 cm³/mol. The standard InChI is InChI=1S/C20H23ClN6O2/c1-3-24-8-10-25(11-9-24)18(29)13-26-14(2)12-17(28)27-20(26)22-19(23-27)15-6-4-5-7-16(15)21/h4-7,12H,3,8-11,13H2,1-2H3. The molecule has 1 fully saturated rings. The van der Waals surface area contributed by atoms with Gasteiger partial charge in [-0.15, -0.1) is 5.10 Å². The van der Waals surface area contributed by atoms with Gasteiger partial charge in [0, 0.05) is 43.5 Å². The third kappa shape index (κ3) is 3.77. The van der Waals surface area contributed by atoms with E-state index in [0.717, 1.165) is 19.6 Å². The molecule has 1 aliphatic heterocycles. The quantitative estimate of drug-likeness (QED) is 0.649. The highest BCUT2D eigenvalue weighted by Gasteiger charge is 2.22. The summed E-state index contributed by atoms with van der Waals surface area (Å²) in [5.41, 5.74) is 1.02. The molecule has 1 aromatic carbocycles. The second-order valence-electron chi connectivity index (χ2n) is 7.15. The highest BCUT2D eigenvalue weighted by atomic mass is 35.5. The van der Waals surface area contributed by atoms with Crippen molar-refractivity contribution in [3.8, 4) is 11.4 Å². The Labute approximate surface area is 173 Å². The second-order valence-corrected chi connectivity index (χ2v) is 7.56. The summed E-state index contributed by atoms with van der Waals surface area (Å²) in [4.78, 5) is 34.1.